The molecule has 0 aliphatic carbocycles. The molecule has 4 rings (SSSR count). The van der Waals surface area contributed by atoms with Gasteiger partial charge in [0.05, 0.1) is 12.1 Å². The summed E-state index contributed by atoms with van der Waals surface area (Å²) in [4.78, 5) is 16.5. The number of phenolic OH excluding ortho intramolecular Hbond substituents is 1. The minimum Gasteiger partial charge on any atom is -0.508 e. The number of nitrogens with zero attached hydrogens (tertiary/aromatic N) is 1. The van der Waals surface area contributed by atoms with Crippen molar-refractivity contribution >= 4 is 17.7 Å². The van der Waals surface area contributed by atoms with E-state index in [0.717, 1.165) is 30.5 Å². The third-order valence-electron chi connectivity index (χ3n) is 5.90. The number of carbonyl (C=O) groups excluding carboxylic acids is 1. The number of thioether (sulfide) groups is 1. The molecule has 2 fully saturated rings. The summed E-state index contributed by atoms with van der Waals surface area (Å²) >= 11 is 1.72. The Labute approximate surface area is 170 Å². The molecular formula is C22H27N3O2S. The molecule has 0 spiro atoms. The van der Waals surface area contributed by atoms with Crippen molar-refractivity contribution in [2.24, 2.45) is 5.92 Å². The molecule has 4 atom stereocenters. The second-order valence-electron chi connectivity index (χ2n) is 7.48. The highest BCUT2D eigenvalue weighted by atomic mass is 32.2. The number of amides is 1. The van der Waals surface area contributed by atoms with E-state index in [1.54, 1.807) is 17.8 Å². The number of nitrogens with one attached hydrogen (secondary N) is 2. The molecular weight excluding hydrogens is 370 g/mol. The van der Waals surface area contributed by atoms with Crippen LogP contribution in [0.3, 0.4) is 0 Å². The van der Waals surface area contributed by atoms with Gasteiger partial charge < -0.3 is 10.0 Å². The van der Waals surface area contributed by atoms with Crippen LogP contribution in [0.15, 0.2) is 53.4 Å². The Balaban J connectivity index is 1.74. The minimum atomic E-state index is -0.285. The van der Waals surface area contributed by atoms with E-state index in [0.29, 0.717) is 0 Å². The molecule has 2 aromatic carbocycles. The number of para-hydroxylation sites is 1. The van der Waals surface area contributed by atoms with Crippen LogP contribution in [0.5, 0.6) is 5.75 Å². The fourth-order valence-corrected chi connectivity index (χ4v) is 4.90. The molecule has 0 radical (unpaired) electrons. The maximum Gasteiger partial charge on any atom is 0.242 e. The van der Waals surface area contributed by atoms with Crippen LogP contribution in [-0.2, 0) is 4.79 Å². The summed E-state index contributed by atoms with van der Waals surface area (Å²) in [5.41, 5.74) is 8.49. The molecule has 5 nitrogen and oxygen atoms in total. The maximum atomic E-state index is 13.2. The van der Waals surface area contributed by atoms with E-state index in [2.05, 4.69) is 48.3 Å². The molecule has 0 bridgehead atoms. The lowest BCUT2D eigenvalue weighted by Gasteiger charge is -2.31. The van der Waals surface area contributed by atoms with Crippen molar-refractivity contribution in [3.8, 4) is 5.75 Å². The van der Waals surface area contributed by atoms with E-state index in [1.807, 2.05) is 23.1 Å². The van der Waals surface area contributed by atoms with Gasteiger partial charge in [-0.05, 0) is 36.4 Å². The van der Waals surface area contributed by atoms with Crippen LogP contribution in [-0.4, -0.2) is 34.8 Å². The van der Waals surface area contributed by atoms with Gasteiger partial charge in [0.25, 0.3) is 0 Å². The lowest BCUT2D eigenvalue weighted by molar-refractivity contribution is -0.130. The molecule has 0 aromatic heterocycles. The molecule has 2 aliphatic heterocycles. The number of phenols is 1. The molecule has 0 saturated carbocycles. The lowest BCUT2D eigenvalue weighted by atomic mass is 9.83. The average molecular weight is 398 g/mol. The summed E-state index contributed by atoms with van der Waals surface area (Å²) in [6.07, 6.45) is 4.10. The Morgan fingerprint density at radius 2 is 1.79 bits per heavy atom. The third kappa shape index (κ3) is 3.30. The summed E-state index contributed by atoms with van der Waals surface area (Å²) in [7, 11) is 0. The summed E-state index contributed by atoms with van der Waals surface area (Å²) in [6, 6.07) is 15.5. The smallest absolute Gasteiger partial charge is 0.242 e. The molecule has 2 saturated heterocycles. The fourth-order valence-electron chi connectivity index (χ4n) is 4.50. The van der Waals surface area contributed by atoms with Crippen LogP contribution >= 0.6 is 11.8 Å². The van der Waals surface area contributed by atoms with Crippen LogP contribution < -0.4 is 10.9 Å². The number of carbonyl (C=O) groups is 1. The van der Waals surface area contributed by atoms with Crippen molar-refractivity contribution in [1.29, 1.82) is 0 Å². The van der Waals surface area contributed by atoms with Gasteiger partial charge in [0.1, 0.15) is 11.8 Å². The first-order valence-electron chi connectivity index (χ1n) is 9.89. The summed E-state index contributed by atoms with van der Waals surface area (Å²) in [6.45, 7) is 2.90. The second-order valence-corrected chi connectivity index (χ2v) is 8.36. The topological polar surface area (TPSA) is 64.6 Å². The molecule has 148 valence electrons. The Morgan fingerprint density at radius 3 is 2.46 bits per heavy atom. The first-order valence-corrected chi connectivity index (χ1v) is 11.1. The number of fused-ring (bicyclic) bond motifs is 1. The van der Waals surface area contributed by atoms with Gasteiger partial charge in [-0.3, -0.25) is 4.79 Å². The van der Waals surface area contributed by atoms with Crippen molar-refractivity contribution in [1.82, 2.24) is 15.8 Å². The van der Waals surface area contributed by atoms with E-state index < -0.39 is 0 Å². The van der Waals surface area contributed by atoms with Crippen molar-refractivity contribution in [2.45, 2.75) is 42.8 Å². The number of aromatic hydroxyl groups is 1. The highest BCUT2D eigenvalue weighted by molar-refractivity contribution is 7.98. The van der Waals surface area contributed by atoms with Gasteiger partial charge in [0.15, 0.2) is 0 Å². The molecule has 6 heteroatoms. The standard InChI is InChI=1S/C22H27N3O2S/c1-3-4-13-25-21(14-9-11-15(28-2)12-10-14)18-19(23-24-20(18)22(25)27)16-7-5-6-8-17(16)26/h5-12,18-21,23-24,26H,3-4,13H2,1-2H3. The van der Waals surface area contributed by atoms with Crippen LogP contribution in [0.25, 0.3) is 0 Å². The number of likely N-dealkylation sites (tertiary alicyclic amines) is 1. The first kappa shape index (κ1) is 19.3. The van der Waals surface area contributed by atoms with Crippen LogP contribution in [0.2, 0.25) is 0 Å². The number of hydrogen-bond donors (Lipinski definition) is 3. The SMILES string of the molecule is CCCCN1C(=O)C2NNC(c3ccccc3O)C2C1c1ccc(SC)cc1. The van der Waals surface area contributed by atoms with Crippen LogP contribution in [0.4, 0.5) is 0 Å². The van der Waals surface area contributed by atoms with Gasteiger partial charge in [-0.2, -0.15) is 0 Å². The molecule has 4 unspecified atom stereocenters. The van der Waals surface area contributed by atoms with Gasteiger partial charge >= 0.3 is 0 Å². The zero-order valence-corrected chi connectivity index (χ0v) is 17.1. The largest absolute Gasteiger partial charge is 0.508 e. The average Bonchev–Trinajstić information content (AvgIpc) is 3.26. The zero-order valence-electron chi connectivity index (χ0n) is 16.3. The van der Waals surface area contributed by atoms with Crippen LogP contribution in [0.1, 0.15) is 43.0 Å². The van der Waals surface area contributed by atoms with E-state index in [4.69, 9.17) is 0 Å². The number of unbranched alkanes of at least 4 members (excludes halogenated alkanes) is 1. The normalized spacial score (nSPS) is 26.6. The van der Waals surface area contributed by atoms with Gasteiger partial charge in [-0.25, -0.2) is 10.9 Å². The molecule has 2 aromatic rings. The summed E-state index contributed by atoms with van der Waals surface area (Å²) < 4.78 is 0. The summed E-state index contributed by atoms with van der Waals surface area (Å²) in [5, 5.41) is 10.4. The van der Waals surface area contributed by atoms with Gasteiger partial charge in [0.2, 0.25) is 5.91 Å². The zero-order chi connectivity index (χ0) is 19.7. The molecule has 2 aliphatic rings. The van der Waals surface area contributed by atoms with E-state index in [9.17, 15) is 9.90 Å². The number of rotatable bonds is 6. The highest BCUT2D eigenvalue weighted by Crippen LogP contribution is 2.48. The molecule has 3 N–H and O–H groups in total. The number of benzene rings is 2. The minimum absolute atomic E-state index is 0.0118. The fraction of sp³-hybridized carbons (Fsp3) is 0.409. The summed E-state index contributed by atoms with van der Waals surface area (Å²) in [5.74, 6) is 0.416. The van der Waals surface area contributed by atoms with E-state index in [-0.39, 0.29) is 35.7 Å². The molecule has 1 amide bonds. The van der Waals surface area contributed by atoms with Gasteiger partial charge in [-0.15, -0.1) is 11.8 Å². The van der Waals surface area contributed by atoms with E-state index >= 15 is 0 Å². The Hall–Kier alpha value is -2.02. The van der Waals surface area contributed by atoms with E-state index in [1.165, 1.54) is 4.90 Å². The Bertz CT molecular complexity index is 842. The second kappa shape index (κ2) is 8.15. The predicted molar refractivity (Wildman–Crippen MR) is 112 cm³/mol. The predicted octanol–water partition coefficient (Wildman–Crippen LogP) is 3.63. The third-order valence-corrected chi connectivity index (χ3v) is 6.64. The van der Waals surface area contributed by atoms with Gasteiger partial charge in [0, 0.05) is 22.9 Å². The van der Waals surface area contributed by atoms with Crippen molar-refractivity contribution < 1.29 is 9.90 Å². The monoisotopic (exact) mass is 397 g/mol. The number of hydrazine groups is 1. The molecule has 2 heterocycles. The quantitative estimate of drug-likeness (QED) is 0.650. The Morgan fingerprint density at radius 1 is 1.07 bits per heavy atom. The lowest BCUT2D eigenvalue weighted by Crippen LogP contribution is -2.41. The van der Waals surface area contributed by atoms with Gasteiger partial charge in [-0.1, -0.05) is 43.7 Å². The number of hydrogen-bond acceptors (Lipinski definition) is 5. The molecule has 28 heavy (non-hydrogen) atoms. The van der Waals surface area contributed by atoms with Crippen molar-refractivity contribution in [3.63, 3.8) is 0 Å². The highest BCUT2D eigenvalue weighted by Gasteiger charge is 2.55. The van der Waals surface area contributed by atoms with Crippen molar-refractivity contribution in [3.05, 3.63) is 59.7 Å². The maximum absolute atomic E-state index is 13.2. The van der Waals surface area contributed by atoms with Crippen molar-refractivity contribution in [2.75, 3.05) is 12.8 Å². The Kier molecular flexibility index (Phi) is 5.62. The first-order chi connectivity index (χ1) is 13.7. The van der Waals surface area contributed by atoms with Crippen LogP contribution in [0, 0.1) is 5.92 Å².